The van der Waals surface area contributed by atoms with Gasteiger partial charge in [-0.05, 0) is 86.7 Å². The molecule has 0 saturated heterocycles. The van der Waals surface area contributed by atoms with Gasteiger partial charge in [0.25, 0.3) is 0 Å². The Kier molecular flexibility index (Phi) is 7.40. The molecule has 2 atom stereocenters. The second kappa shape index (κ2) is 10.8. The molecule has 1 aliphatic carbocycles. The average molecular weight is 553 g/mol. The summed E-state index contributed by atoms with van der Waals surface area (Å²) >= 11 is 0. The molecule has 9 heteroatoms. The van der Waals surface area contributed by atoms with Crippen LogP contribution in [0.2, 0.25) is 0 Å². The van der Waals surface area contributed by atoms with E-state index < -0.39 is 35.0 Å². The molecule has 0 spiro atoms. The van der Waals surface area contributed by atoms with Gasteiger partial charge in [-0.1, -0.05) is 6.07 Å². The molecular formula is C31H28F4N2O3. The number of halogens is 4. The minimum Gasteiger partial charge on any atom is -0.489 e. The molecule has 1 aromatic heterocycles. The highest BCUT2D eigenvalue weighted by Gasteiger charge is 2.30. The number of amides is 1. The number of carbonyl (C=O) groups is 1. The molecule has 0 bridgehead atoms. The van der Waals surface area contributed by atoms with Gasteiger partial charge in [0.05, 0.1) is 5.52 Å². The Hall–Kier alpha value is -4.14. The Bertz CT molecular complexity index is 1540. The fourth-order valence-electron chi connectivity index (χ4n) is 4.93. The van der Waals surface area contributed by atoms with Crippen molar-refractivity contribution in [2.75, 3.05) is 0 Å². The Morgan fingerprint density at radius 2 is 1.48 bits per heavy atom. The maximum absolute atomic E-state index is 14.2. The topological polar surface area (TPSA) is 60.5 Å². The van der Waals surface area contributed by atoms with Crippen LogP contribution in [0.3, 0.4) is 0 Å². The van der Waals surface area contributed by atoms with Crippen molar-refractivity contribution in [3.63, 3.8) is 0 Å². The van der Waals surface area contributed by atoms with E-state index in [2.05, 4.69) is 10.3 Å². The fourth-order valence-corrected chi connectivity index (χ4v) is 4.93. The van der Waals surface area contributed by atoms with Crippen LogP contribution in [0.5, 0.6) is 5.75 Å². The quantitative estimate of drug-likeness (QED) is 0.255. The lowest BCUT2D eigenvalue weighted by atomic mass is 9.99. The number of alkyl carbamates (subject to hydrolysis) is 1. The van der Waals surface area contributed by atoms with E-state index >= 15 is 0 Å². The molecular weight excluding hydrogens is 524 g/mol. The molecule has 40 heavy (non-hydrogen) atoms. The predicted octanol–water partition coefficient (Wildman–Crippen LogP) is 7.95. The van der Waals surface area contributed by atoms with Crippen molar-refractivity contribution in [1.82, 2.24) is 10.3 Å². The molecule has 5 nitrogen and oxygen atoms in total. The molecule has 5 rings (SSSR count). The lowest BCUT2D eigenvalue weighted by Gasteiger charge is -2.22. The number of rotatable bonds is 5. The molecule has 1 heterocycles. The highest BCUT2D eigenvalue weighted by Crippen LogP contribution is 2.40. The van der Waals surface area contributed by atoms with Crippen LogP contribution in [0.4, 0.5) is 22.4 Å². The first-order valence-electron chi connectivity index (χ1n) is 13.0. The molecule has 208 valence electrons. The number of benzene rings is 3. The smallest absolute Gasteiger partial charge is 0.407 e. The summed E-state index contributed by atoms with van der Waals surface area (Å²) in [6.07, 6.45) is 2.36. The van der Waals surface area contributed by atoms with E-state index in [1.807, 2.05) is 0 Å². The van der Waals surface area contributed by atoms with Crippen molar-refractivity contribution < 1.29 is 31.8 Å². The van der Waals surface area contributed by atoms with E-state index in [0.29, 0.717) is 52.6 Å². The third kappa shape index (κ3) is 6.35. The van der Waals surface area contributed by atoms with Gasteiger partial charge in [-0.3, -0.25) is 4.98 Å². The number of fused-ring (bicyclic) bond motifs is 1. The summed E-state index contributed by atoms with van der Waals surface area (Å²) in [6, 6.07) is 11.3. The molecule has 1 amide bonds. The van der Waals surface area contributed by atoms with Gasteiger partial charge >= 0.3 is 6.09 Å². The number of hydrogen-bond donors (Lipinski definition) is 1. The zero-order valence-electron chi connectivity index (χ0n) is 22.2. The van der Waals surface area contributed by atoms with Crippen molar-refractivity contribution in [2.45, 2.75) is 57.8 Å². The van der Waals surface area contributed by atoms with E-state index in [0.717, 1.165) is 12.1 Å². The summed E-state index contributed by atoms with van der Waals surface area (Å²) in [7, 11) is 0. The van der Waals surface area contributed by atoms with Crippen LogP contribution in [0.25, 0.3) is 33.2 Å². The Balaban J connectivity index is 1.53. The van der Waals surface area contributed by atoms with E-state index in [-0.39, 0.29) is 17.7 Å². The lowest BCUT2D eigenvalue weighted by Crippen LogP contribution is -2.38. The first kappa shape index (κ1) is 27.4. The van der Waals surface area contributed by atoms with Crippen molar-refractivity contribution in [1.29, 1.82) is 0 Å². The van der Waals surface area contributed by atoms with Gasteiger partial charge in [0.1, 0.15) is 40.7 Å². The van der Waals surface area contributed by atoms with Gasteiger partial charge < -0.3 is 14.8 Å². The van der Waals surface area contributed by atoms with Crippen LogP contribution in [-0.4, -0.2) is 28.8 Å². The van der Waals surface area contributed by atoms with Crippen LogP contribution in [0.1, 0.15) is 40.0 Å². The van der Waals surface area contributed by atoms with Gasteiger partial charge in [0.2, 0.25) is 0 Å². The second-order valence-corrected chi connectivity index (χ2v) is 10.9. The van der Waals surface area contributed by atoms with Crippen LogP contribution in [0.15, 0.2) is 60.8 Å². The summed E-state index contributed by atoms with van der Waals surface area (Å²) in [4.78, 5) is 16.7. The first-order chi connectivity index (χ1) is 18.9. The molecule has 1 N–H and O–H groups in total. The first-order valence-corrected chi connectivity index (χ1v) is 13.0. The molecule has 0 aliphatic heterocycles. The minimum absolute atomic E-state index is 0.186. The number of carbonyl (C=O) groups excluding carboxylic acids is 1. The summed E-state index contributed by atoms with van der Waals surface area (Å²) in [5.74, 6) is -2.62. The van der Waals surface area contributed by atoms with Gasteiger partial charge in [-0.25, -0.2) is 22.4 Å². The van der Waals surface area contributed by atoms with E-state index in [1.165, 1.54) is 30.5 Å². The molecule has 0 unspecified atom stereocenters. The standard InChI is InChI=1S/C31H28F4N2O3/c1-31(2,3)40-30(38)37-24-5-6-25(15-24)39-29-26-12-17(18-8-20(32)13-21(33)9-18)4-7-28(26)36-16-27(29)19-10-22(34)14-23(35)11-19/h4,7-14,16,24-25H,5-6,15H2,1-3H3,(H,37,38)/t24-,25+/m1/s1. The minimum atomic E-state index is -0.757. The zero-order valence-corrected chi connectivity index (χ0v) is 22.2. The van der Waals surface area contributed by atoms with Crippen molar-refractivity contribution in [3.05, 3.63) is 84.1 Å². The second-order valence-electron chi connectivity index (χ2n) is 10.9. The normalized spacial score (nSPS) is 17.2. The van der Waals surface area contributed by atoms with Crippen molar-refractivity contribution >= 4 is 17.0 Å². The van der Waals surface area contributed by atoms with Gasteiger partial charge in [0.15, 0.2) is 0 Å². The SMILES string of the molecule is CC(C)(C)OC(=O)N[C@@H]1CC[C@H](Oc2c(-c3cc(F)cc(F)c3)cnc3ccc(-c4cc(F)cc(F)c4)cc23)C1. The van der Waals surface area contributed by atoms with Gasteiger partial charge in [-0.15, -0.1) is 0 Å². The predicted molar refractivity (Wildman–Crippen MR) is 144 cm³/mol. The Morgan fingerprint density at radius 3 is 2.10 bits per heavy atom. The molecule has 0 radical (unpaired) electrons. The number of hydrogen-bond acceptors (Lipinski definition) is 4. The Morgan fingerprint density at radius 1 is 0.850 bits per heavy atom. The summed E-state index contributed by atoms with van der Waals surface area (Å²) in [5.41, 5.74) is 1.30. The number of pyridine rings is 1. The van der Waals surface area contributed by atoms with Crippen LogP contribution in [-0.2, 0) is 4.74 Å². The van der Waals surface area contributed by atoms with Crippen molar-refractivity contribution in [2.24, 2.45) is 0 Å². The number of nitrogens with one attached hydrogen (secondary N) is 1. The third-order valence-corrected chi connectivity index (χ3v) is 6.58. The van der Waals surface area contributed by atoms with E-state index in [9.17, 15) is 22.4 Å². The molecule has 4 aromatic rings. The highest BCUT2D eigenvalue weighted by atomic mass is 19.1. The Labute approximate surface area is 229 Å². The largest absolute Gasteiger partial charge is 0.489 e. The maximum atomic E-state index is 14.2. The highest BCUT2D eigenvalue weighted by molar-refractivity contribution is 5.95. The molecule has 1 saturated carbocycles. The fraction of sp³-hybridized carbons (Fsp3) is 0.290. The van der Waals surface area contributed by atoms with Crippen molar-refractivity contribution in [3.8, 4) is 28.0 Å². The third-order valence-electron chi connectivity index (χ3n) is 6.58. The molecule has 3 aromatic carbocycles. The lowest BCUT2D eigenvalue weighted by molar-refractivity contribution is 0.0503. The number of ether oxygens (including phenoxy) is 2. The van der Waals surface area contributed by atoms with E-state index in [4.69, 9.17) is 9.47 Å². The maximum Gasteiger partial charge on any atom is 0.407 e. The molecule has 1 aliphatic rings. The van der Waals surface area contributed by atoms with Gasteiger partial charge in [-0.2, -0.15) is 0 Å². The van der Waals surface area contributed by atoms with Crippen LogP contribution in [0, 0.1) is 23.3 Å². The van der Waals surface area contributed by atoms with Gasteiger partial charge in [0, 0.05) is 41.7 Å². The average Bonchev–Trinajstić information content (AvgIpc) is 3.28. The monoisotopic (exact) mass is 552 g/mol. The van der Waals surface area contributed by atoms with E-state index in [1.54, 1.807) is 39.0 Å². The van der Waals surface area contributed by atoms with Crippen LogP contribution >= 0.6 is 0 Å². The number of aromatic nitrogens is 1. The molecule has 1 fully saturated rings. The zero-order chi connectivity index (χ0) is 28.6. The summed E-state index contributed by atoms with van der Waals surface area (Å²) < 4.78 is 68.2. The number of nitrogens with zero attached hydrogens (tertiary/aromatic N) is 1. The summed E-state index contributed by atoms with van der Waals surface area (Å²) in [5, 5.41) is 3.37. The summed E-state index contributed by atoms with van der Waals surface area (Å²) in [6.45, 7) is 5.35. The van der Waals surface area contributed by atoms with Crippen LogP contribution < -0.4 is 10.1 Å².